The Morgan fingerprint density at radius 3 is 2.54 bits per heavy atom. The summed E-state index contributed by atoms with van der Waals surface area (Å²) < 4.78 is 11.0. The Labute approximate surface area is 142 Å². The highest BCUT2D eigenvalue weighted by Crippen LogP contribution is 2.31. The molecule has 2 aromatic rings. The van der Waals surface area contributed by atoms with Gasteiger partial charge in [-0.25, -0.2) is 0 Å². The first-order valence-electron chi connectivity index (χ1n) is 8.37. The smallest absolute Gasteiger partial charge is 0.290 e. The van der Waals surface area contributed by atoms with Crippen molar-refractivity contribution in [3.63, 3.8) is 0 Å². The minimum Gasteiger partial charge on any atom is -0.495 e. The van der Waals surface area contributed by atoms with E-state index in [0.717, 1.165) is 18.4 Å². The zero-order valence-electron chi connectivity index (χ0n) is 14.4. The molecular weight excluding hydrogens is 304 g/mol. The van der Waals surface area contributed by atoms with E-state index < -0.39 is 0 Å². The minimum absolute atomic E-state index is 0.0394. The Hall–Kier alpha value is -2.43. The average molecular weight is 328 g/mol. The second-order valence-electron chi connectivity index (χ2n) is 6.46. The van der Waals surface area contributed by atoms with Crippen molar-refractivity contribution in [1.82, 2.24) is 4.90 Å². The summed E-state index contributed by atoms with van der Waals surface area (Å²) in [6.45, 7) is 4.20. The normalized spacial score (nSPS) is 20.9. The van der Waals surface area contributed by atoms with Crippen molar-refractivity contribution in [1.29, 1.82) is 0 Å². The van der Waals surface area contributed by atoms with E-state index in [4.69, 9.17) is 14.9 Å². The van der Waals surface area contributed by atoms with E-state index in [1.54, 1.807) is 25.3 Å². The predicted octanol–water partition coefficient (Wildman–Crippen LogP) is 3.94. The fourth-order valence-electron chi connectivity index (χ4n) is 3.44. The molecule has 128 valence electrons. The Morgan fingerprint density at radius 1 is 1.21 bits per heavy atom. The van der Waals surface area contributed by atoms with Crippen LogP contribution in [0.15, 0.2) is 34.7 Å². The van der Waals surface area contributed by atoms with Crippen LogP contribution in [0.2, 0.25) is 0 Å². The number of rotatable bonds is 3. The van der Waals surface area contributed by atoms with Crippen LogP contribution in [0.1, 0.15) is 43.7 Å². The molecule has 1 amide bonds. The fraction of sp³-hybridized carbons (Fsp3) is 0.421. The van der Waals surface area contributed by atoms with Gasteiger partial charge in [0.25, 0.3) is 5.91 Å². The molecule has 1 aliphatic heterocycles. The number of nitrogens with zero attached hydrogens (tertiary/aromatic N) is 1. The van der Waals surface area contributed by atoms with E-state index in [2.05, 4.69) is 13.8 Å². The SMILES string of the molecule is COc1ccc(-c2ccc(C(=O)N3[C@@H](C)CCC[C@@H]3C)o2)cc1N. The number of anilines is 1. The van der Waals surface area contributed by atoms with Crippen LogP contribution in [-0.4, -0.2) is 30.0 Å². The van der Waals surface area contributed by atoms with Crippen LogP contribution >= 0.6 is 0 Å². The van der Waals surface area contributed by atoms with Gasteiger partial charge in [-0.1, -0.05) is 0 Å². The second kappa shape index (κ2) is 6.59. The van der Waals surface area contributed by atoms with Crippen LogP contribution < -0.4 is 10.5 Å². The summed E-state index contributed by atoms with van der Waals surface area (Å²) in [7, 11) is 1.58. The molecule has 2 N–H and O–H groups in total. The van der Waals surface area contributed by atoms with E-state index in [0.29, 0.717) is 23.0 Å². The van der Waals surface area contributed by atoms with Crippen molar-refractivity contribution in [3.05, 3.63) is 36.1 Å². The molecule has 0 bridgehead atoms. The fourth-order valence-corrected chi connectivity index (χ4v) is 3.44. The van der Waals surface area contributed by atoms with Gasteiger partial charge in [0.05, 0.1) is 12.8 Å². The summed E-state index contributed by atoms with van der Waals surface area (Å²) >= 11 is 0. The van der Waals surface area contributed by atoms with Crippen molar-refractivity contribution >= 4 is 11.6 Å². The van der Waals surface area contributed by atoms with E-state index in [9.17, 15) is 4.79 Å². The predicted molar refractivity (Wildman–Crippen MR) is 94.1 cm³/mol. The Bertz CT molecular complexity index is 728. The molecule has 3 rings (SSSR count). The molecular formula is C19H24N2O3. The van der Waals surface area contributed by atoms with Gasteiger partial charge in [0, 0.05) is 17.6 Å². The van der Waals surface area contributed by atoms with Crippen LogP contribution in [0.5, 0.6) is 5.75 Å². The van der Waals surface area contributed by atoms with Crippen LogP contribution in [0.4, 0.5) is 5.69 Å². The standard InChI is InChI=1S/C19H24N2O3/c1-12-5-4-6-13(2)21(12)19(22)18-10-9-16(24-18)14-7-8-17(23-3)15(20)11-14/h7-13H,4-6,20H2,1-3H3/t12-,13-/m0/s1. The molecule has 0 saturated carbocycles. The summed E-state index contributed by atoms with van der Waals surface area (Å²) in [6.07, 6.45) is 3.25. The van der Waals surface area contributed by atoms with Crippen molar-refractivity contribution in [3.8, 4) is 17.1 Å². The maximum atomic E-state index is 12.8. The number of likely N-dealkylation sites (tertiary alicyclic amines) is 1. The van der Waals surface area contributed by atoms with Crippen LogP contribution in [0, 0.1) is 0 Å². The molecule has 5 nitrogen and oxygen atoms in total. The van der Waals surface area contributed by atoms with Gasteiger partial charge in [-0.3, -0.25) is 4.79 Å². The first-order valence-corrected chi connectivity index (χ1v) is 8.37. The molecule has 1 fully saturated rings. The summed E-state index contributed by atoms with van der Waals surface area (Å²) in [5, 5.41) is 0. The number of piperidine rings is 1. The van der Waals surface area contributed by atoms with Crippen molar-refractivity contribution in [2.45, 2.75) is 45.2 Å². The number of carbonyl (C=O) groups is 1. The molecule has 1 aliphatic rings. The highest BCUT2D eigenvalue weighted by molar-refractivity contribution is 5.92. The maximum absolute atomic E-state index is 12.8. The number of hydrogen-bond acceptors (Lipinski definition) is 4. The summed E-state index contributed by atoms with van der Waals surface area (Å²) in [6, 6.07) is 9.49. The first kappa shape index (κ1) is 16.4. The highest BCUT2D eigenvalue weighted by atomic mass is 16.5. The van der Waals surface area contributed by atoms with Gasteiger partial charge in [0.2, 0.25) is 0 Å². The van der Waals surface area contributed by atoms with E-state index in [-0.39, 0.29) is 18.0 Å². The molecule has 1 aromatic heterocycles. The number of benzene rings is 1. The van der Waals surface area contributed by atoms with E-state index >= 15 is 0 Å². The molecule has 2 atom stereocenters. The van der Waals surface area contributed by atoms with Crippen molar-refractivity contribution < 1.29 is 13.9 Å². The van der Waals surface area contributed by atoms with Gasteiger partial charge in [0.15, 0.2) is 5.76 Å². The molecule has 0 aliphatic carbocycles. The third-order valence-electron chi connectivity index (χ3n) is 4.76. The van der Waals surface area contributed by atoms with Crippen LogP contribution in [0.25, 0.3) is 11.3 Å². The van der Waals surface area contributed by atoms with Crippen molar-refractivity contribution in [2.24, 2.45) is 0 Å². The molecule has 1 saturated heterocycles. The lowest BCUT2D eigenvalue weighted by Crippen LogP contribution is -2.47. The van der Waals surface area contributed by atoms with Crippen LogP contribution in [0.3, 0.4) is 0 Å². The van der Waals surface area contributed by atoms with Crippen molar-refractivity contribution in [2.75, 3.05) is 12.8 Å². The number of hydrogen-bond donors (Lipinski definition) is 1. The quantitative estimate of drug-likeness (QED) is 0.867. The minimum atomic E-state index is -0.0394. The van der Waals surface area contributed by atoms with Gasteiger partial charge in [-0.2, -0.15) is 0 Å². The number of carbonyl (C=O) groups excluding carboxylic acids is 1. The van der Waals surface area contributed by atoms with Crippen LogP contribution in [-0.2, 0) is 0 Å². The summed E-state index contributed by atoms with van der Waals surface area (Å²) in [5.41, 5.74) is 7.31. The number of ether oxygens (including phenoxy) is 1. The molecule has 0 radical (unpaired) electrons. The number of nitrogen functional groups attached to an aromatic ring is 1. The largest absolute Gasteiger partial charge is 0.495 e. The molecule has 24 heavy (non-hydrogen) atoms. The monoisotopic (exact) mass is 328 g/mol. The lowest BCUT2D eigenvalue weighted by molar-refractivity contribution is 0.0479. The molecule has 5 heteroatoms. The molecule has 0 spiro atoms. The number of nitrogens with two attached hydrogens (primary N) is 1. The summed E-state index contributed by atoms with van der Waals surface area (Å²) in [4.78, 5) is 14.8. The van der Waals surface area contributed by atoms with E-state index in [1.165, 1.54) is 6.42 Å². The number of furan rings is 1. The zero-order chi connectivity index (χ0) is 17.3. The Balaban J connectivity index is 1.85. The van der Waals surface area contributed by atoms with E-state index in [1.807, 2.05) is 17.0 Å². The highest BCUT2D eigenvalue weighted by Gasteiger charge is 2.31. The number of amides is 1. The lowest BCUT2D eigenvalue weighted by Gasteiger charge is -2.38. The lowest BCUT2D eigenvalue weighted by atomic mass is 9.97. The van der Waals surface area contributed by atoms with Gasteiger partial charge in [-0.15, -0.1) is 0 Å². The van der Waals surface area contributed by atoms with Gasteiger partial charge >= 0.3 is 0 Å². The van der Waals surface area contributed by atoms with Gasteiger partial charge in [0.1, 0.15) is 11.5 Å². The Morgan fingerprint density at radius 2 is 1.92 bits per heavy atom. The Kier molecular flexibility index (Phi) is 4.51. The maximum Gasteiger partial charge on any atom is 0.290 e. The van der Waals surface area contributed by atoms with Gasteiger partial charge < -0.3 is 19.8 Å². The van der Waals surface area contributed by atoms with Gasteiger partial charge in [-0.05, 0) is 63.4 Å². The zero-order valence-corrected chi connectivity index (χ0v) is 14.4. The molecule has 2 heterocycles. The molecule has 1 aromatic carbocycles. The third kappa shape index (κ3) is 2.98. The number of methoxy groups -OCH3 is 1. The third-order valence-corrected chi connectivity index (χ3v) is 4.76. The topological polar surface area (TPSA) is 68.7 Å². The average Bonchev–Trinajstić information content (AvgIpc) is 3.04. The molecule has 0 unspecified atom stereocenters. The first-order chi connectivity index (χ1) is 11.5. The second-order valence-corrected chi connectivity index (χ2v) is 6.46. The summed E-state index contributed by atoms with van der Waals surface area (Å²) in [5.74, 6) is 1.59.